The summed E-state index contributed by atoms with van der Waals surface area (Å²) < 4.78 is 30.7. The molecule has 7 heteroatoms. The van der Waals surface area contributed by atoms with Gasteiger partial charge in [-0.1, -0.05) is 11.8 Å². The van der Waals surface area contributed by atoms with Crippen LogP contribution in [0.2, 0.25) is 0 Å². The molecule has 0 atom stereocenters. The van der Waals surface area contributed by atoms with Gasteiger partial charge in [-0.3, -0.25) is 0 Å². The fourth-order valence-corrected chi connectivity index (χ4v) is 3.27. The van der Waals surface area contributed by atoms with Crippen LogP contribution in [-0.2, 0) is 21.3 Å². The molecule has 0 amide bonds. The van der Waals surface area contributed by atoms with E-state index in [1.807, 2.05) is 11.4 Å². The van der Waals surface area contributed by atoms with E-state index in [2.05, 4.69) is 16.6 Å². The van der Waals surface area contributed by atoms with E-state index in [1.165, 1.54) is 11.3 Å². The lowest BCUT2D eigenvalue weighted by Crippen LogP contribution is -2.26. The van der Waals surface area contributed by atoms with Gasteiger partial charge in [0.2, 0.25) is 10.0 Å². The normalized spacial score (nSPS) is 11.1. The number of aliphatic hydroxyl groups excluding tert-OH is 1. The fraction of sp³-hybridized carbons (Fsp3) is 0.538. The van der Waals surface area contributed by atoms with Crippen molar-refractivity contribution in [2.45, 2.75) is 19.4 Å². The second-order valence-corrected chi connectivity index (χ2v) is 6.99. The zero-order valence-electron chi connectivity index (χ0n) is 11.4. The summed E-state index contributed by atoms with van der Waals surface area (Å²) in [5, 5.41) is 10.5. The predicted molar refractivity (Wildman–Crippen MR) is 80.0 cm³/mol. The monoisotopic (exact) mass is 317 g/mol. The Labute approximate surface area is 124 Å². The Balaban J connectivity index is 2.44. The van der Waals surface area contributed by atoms with E-state index in [9.17, 15) is 8.42 Å². The Hall–Kier alpha value is -0.910. The zero-order valence-corrected chi connectivity index (χ0v) is 13.0. The smallest absolute Gasteiger partial charge is 0.212 e. The molecule has 5 nitrogen and oxygen atoms in total. The molecule has 0 saturated heterocycles. The topological polar surface area (TPSA) is 75.6 Å². The molecule has 0 fully saturated rings. The third kappa shape index (κ3) is 7.03. The number of thiophene rings is 1. The number of aliphatic hydroxyl groups is 1. The lowest BCUT2D eigenvalue weighted by atomic mass is 10.3. The van der Waals surface area contributed by atoms with Crippen molar-refractivity contribution in [3.05, 3.63) is 21.9 Å². The molecule has 1 aromatic rings. The maximum Gasteiger partial charge on any atom is 0.212 e. The number of ether oxygens (including phenoxy) is 1. The van der Waals surface area contributed by atoms with Crippen molar-refractivity contribution in [1.82, 2.24) is 4.72 Å². The van der Waals surface area contributed by atoms with Crippen LogP contribution >= 0.6 is 11.3 Å². The maximum atomic E-state index is 11.7. The lowest BCUT2D eigenvalue weighted by Gasteiger charge is -2.04. The van der Waals surface area contributed by atoms with Crippen molar-refractivity contribution < 1.29 is 18.3 Å². The van der Waals surface area contributed by atoms with Gasteiger partial charge >= 0.3 is 0 Å². The molecule has 1 aromatic heterocycles. The van der Waals surface area contributed by atoms with Crippen LogP contribution < -0.4 is 4.72 Å². The van der Waals surface area contributed by atoms with Crippen LogP contribution in [0.25, 0.3) is 0 Å². The van der Waals surface area contributed by atoms with Crippen LogP contribution in [0.5, 0.6) is 0 Å². The Morgan fingerprint density at radius 2 is 2.30 bits per heavy atom. The number of nitrogens with one attached hydrogen (secondary N) is 1. The summed E-state index contributed by atoms with van der Waals surface area (Å²) in [5.41, 5.74) is 0.844. The minimum absolute atomic E-state index is 0.0469. The van der Waals surface area contributed by atoms with E-state index in [1.54, 1.807) is 7.11 Å². The lowest BCUT2D eigenvalue weighted by molar-refractivity contribution is 0.199. The van der Waals surface area contributed by atoms with Gasteiger partial charge in [-0.05, 0) is 12.5 Å². The van der Waals surface area contributed by atoms with Gasteiger partial charge in [-0.25, -0.2) is 13.1 Å². The molecular weight excluding hydrogens is 298 g/mol. The Kier molecular flexibility index (Phi) is 7.80. The molecule has 0 aromatic carbocycles. The summed E-state index contributed by atoms with van der Waals surface area (Å²) in [6.45, 7) is 0.761. The highest BCUT2D eigenvalue weighted by Crippen LogP contribution is 2.14. The summed E-state index contributed by atoms with van der Waals surface area (Å²) >= 11 is 1.46. The zero-order chi connectivity index (χ0) is 14.8. The van der Waals surface area contributed by atoms with Gasteiger partial charge in [0.1, 0.15) is 0 Å². The molecule has 1 rings (SSSR count). The highest BCUT2D eigenvalue weighted by Gasteiger charge is 2.10. The first kappa shape index (κ1) is 17.1. The van der Waals surface area contributed by atoms with Crippen molar-refractivity contribution in [3.8, 4) is 11.8 Å². The molecule has 0 aliphatic carbocycles. The summed E-state index contributed by atoms with van der Waals surface area (Å²) in [4.78, 5) is 0.911. The van der Waals surface area contributed by atoms with Gasteiger partial charge in [-0.2, -0.15) is 0 Å². The molecule has 0 bridgehead atoms. The van der Waals surface area contributed by atoms with Gasteiger partial charge in [0.05, 0.1) is 12.4 Å². The van der Waals surface area contributed by atoms with Crippen LogP contribution in [0, 0.1) is 11.8 Å². The minimum atomic E-state index is -3.26. The van der Waals surface area contributed by atoms with Crippen molar-refractivity contribution in [3.63, 3.8) is 0 Å². The van der Waals surface area contributed by atoms with E-state index >= 15 is 0 Å². The van der Waals surface area contributed by atoms with Gasteiger partial charge < -0.3 is 9.84 Å². The van der Waals surface area contributed by atoms with Crippen LogP contribution in [0.15, 0.2) is 11.4 Å². The molecule has 20 heavy (non-hydrogen) atoms. The number of methoxy groups -OCH3 is 1. The SMILES string of the molecule is COCCCS(=O)(=O)NCc1cc(C#CCCO)cs1. The molecule has 1 heterocycles. The Bertz CT molecular complexity index is 554. The average molecular weight is 317 g/mol. The third-order valence-corrected chi connectivity index (χ3v) is 4.70. The molecular formula is C13H19NO4S2. The number of hydrogen-bond donors (Lipinski definition) is 2. The first-order valence-electron chi connectivity index (χ1n) is 6.21. The second kappa shape index (κ2) is 9.10. The highest BCUT2D eigenvalue weighted by molar-refractivity contribution is 7.89. The quantitative estimate of drug-likeness (QED) is 0.553. The molecule has 0 saturated carbocycles. The van der Waals surface area contributed by atoms with E-state index in [4.69, 9.17) is 9.84 Å². The Morgan fingerprint density at radius 1 is 1.50 bits per heavy atom. The molecule has 0 aliphatic heterocycles. The third-order valence-electron chi connectivity index (χ3n) is 2.35. The van der Waals surface area contributed by atoms with Gasteiger partial charge in [-0.15, -0.1) is 11.3 Å². The van der Waals surface area contributed by atoms with E-state index in [0.29, 0.717) is 19.4 Å². The van der Waals surface area contributed by atoms with Crippen LogP contribution in [-0.4, -0.2) is 39.6 Å². The van der Waals surface area contributed by atoms with Crippen LogP contribution in [0.1, 0.15) is 23.3 Å². The van der Waals surface area contributed by atoms with E-state index in [0.717, 1.165) is 10.4 Å². The Morgan fingerprint density at radius 3 is 3.00 bits per heavy atom. The van der Waals surface area contributed by atoms with Gasteiger partial charge in [0, 0.05) is 42.5 Å². The summed E-state index contributed by atoms with van der Waals surface area (Å²) in [7, 11) is -1.71. The van der Waals surface area contributed by atoms with Gasteiger partial charge in [0.25, 0.3) is 0 Å². The van der Waals surface area contributed by atoms with Crippen molar-refractivity contribution in [1.29, 1.82) is 0 Å². The average Bonchev–Trinajstić information content (AvgIpc) is 2.85. The maximum absolute atomic E-state index is 11.7. The predicted octanol–water partition coefficient (Wildman–Crippen LogP) is 0.938. The first-order chi connectivity index (χ1) is 9.57. The fourth-order valence-electron chi connectivity index (χ4n) is 1.41. The van der Waals surface area contributed by atoms with Crippen LogP contribution in [0.3, 0.4) is 0 Å². The van der Waals surface area contributed by atoms with Gasteiger partial charge in [0.15, 0.2) is 0 Å². The second-order valence-electron chi connectivity index (χ2n) is 4.06. The largest absolute Gasteiger partial charge is 0.395 e. The molecule has 0 aliphatic rings. The summed E-state index contributed by atoms with van der Waals surface area (Å²) in [5.74, 6) is 5.80. The highest BCUT2D eigenvalue weighted by atomic mass is 32.2. The van der Waals surface area contributed by atoms with E-state index < -0.39 is 10.0 Å². The molecule has 2 N–H and O–H groups in total. The number of hydrogen-bond acceptors (Lipinski definition) is 5. The van der Waals surface area contributed by atoms with Crippen molar-refractivity contribution >= 4 is 21.4 Å². The van der Waals surface area contributed by atoms with Crippen molar-refractivity contribution in [2.75, 3.05) is 26.1 Å². The van der Waals surface area contributed by atoms with E-state index in [-0.39, 0.29) is 18.9 Å². The molecule has 0 radical (unpaired) electrons. The number of sulfonamides is 1. The van der Waals surface area contributed by atoms with Crippen molar-refractivity contribution in [2.24, 2.45) is 0 Å². The summed E-state index contributed by atoms with van der Waals surface area (Å²) in [6.07, 6.45) is 0.922. The first-order valence-corrected chi connectivity index (χ1v) is 8.74. The molecule has 0 spiro atoms. The molecule has 0 unspecified atom stereocenters. The van der Waals surface area contributed by atoms with Crippen LogP contribution in [0.4, 0.5) is 0 Å². The number of rotatable bonds is 8. The summed E-state index contributed by atoms with van der Waals surface area (Å²) in [6, 6.07) is 1.85. The molecule has 112 valence electrons. The standard InChI is InChI=1S/C13H19NO4S2/c1-18-7-4-8-20(16,17)14-10-13-9-12(11-19-13)5-2-3-6-15/h9,11,14-15H,3-4,6-8,10H2,1H3. The minimum Gasteiger partial charge on any atom is -0.395 e.